The maximum absolute atomic E-state index is 13.1. The van der Waals surface area contributed by atoms with E-state index in [9.17, 15) is 18.3 Å². The summed E-state index contributed by atoms with van der Waals surface area (Å²) in [4.78, 5) is 8.31. The summed E-state index contributed by atoms with van der Waals surface area (Å²) < 4.78 is 44.9. The van der Waals surface area contributed by atoms with Crippen molar-refractivity contribution in [3.05, 3.63) is 65.0 Å². The third-order valence-electron chi connectivity index (χ3n) is 3.87. The van der Waals surface area contributed by atoms with Gasteiger partial charge in [-0.2, -0.15) is 13.2 Å². The zero-order valence-corrected chi connectivity index (χ0v) is 13.7. The first kappa shape index (κ1) is 17.4. The lowest BCUT2D eigenvalue weighted by atomic mass is 9.95. The van der Waals surface area contributed by atoms with E-state index in [0.717, 1.165) is 12.1 Å². The fourth-order valence-corrected chi connectivity index (χ4v) is 2.60. The van der Waals surface area contributed by atoms with Gasteiger partial charge >= 0.3 is 6.18 Å². The quantitative estimate of drug-likeness (QED) is 0.918. The molecule has 7 heteroatoms. The third-order valence-corrected chi connectivity index (χ3v) is 3.87. The number of aliphatic hydroxyl groups excluding tert-OH is 1. The van der Waals surface area contributed by atoms with Gasteiger partial charge in [0.1, 0.15) is 12.7 Å². The lowest BCUT2D eigenvalue weighted by Crippen LogP contribution is -2.17. The van der Waals surface area contributed by atoms with Crippen LogP contribution in [0.5, 0.6) is 0 Å². The van der Waals surface area contributed by atoms with E-state index in [-0.39, 0.29) is 11.5 Å². The predicted octanol–water partition coefficient (Wildman–Crippen LogP) is 3.74. The number of hydrogen-bond donors (Lipinski definition) is 1. The second kappa shape index (κ2) is 6.15. The summed E-state index contributed by atoms with van der Waals surface area (Å²) in [5.74, 6) is 0.233. The van der Waals surface area contributed by atoms with Gasteiger partial charge in [0.15, 0.2) is 0 Å². The first-order valence-electron chi connectivity index (χ1n) is 7.69. The van der Waals surface area contributed by atoms with E-state index in [4.69, 9.17) is 4.74 Å². The SMILES string of the molecule is CC1(C)COC(c2ccc(C(F)(F)F)cc2C(O)c2cccnc2)=N1. The first-order chi connectivity index (χ1) is 11.7. The number of rotatable bonds is 3. The molecule has 0 fully saturated rings. The van der Waals surface area contributed by atoms with Crippen molar-refractivity contribution >= 4 is 5.90 Å². The Morgan fingerprint density at radius 1 is 1.24 bits per heavy atom. The molecule has 1 aromatic carbocycles. The van der Waals surface area contributed by atoms with E-state index in [0.29, 0.717) is 17.7 Å². The van der Waals surface area contributed by atoms with E-state index in [1.807, 2.05) is 13.8 Å². The van der Waals surface area contributed by atoms with Gasteiger partial charge in [0.25, 0.3) is 0 Å². The molecule has 0 radical (unpaired) electrons. The van der Waals surface area contributed by atoms with E-state index >= 15 is 0 Å². The van der Waals surface area contributed by atoms with Crippen LogP contribution in [0.4, 0.5) is 13.2 Å². The van der Waals surface area contributed by atoms with Crippen LogP contribution in [0.1, 0.15) is 42.2 Å². The van der Waals surface area contributed by atoms with Gasteiger partial charge in [-0.05, 0) is 43.7 Å². The Labute approximate surface area is 143 Å². The Morgan fingerprint density at radius 2 is 2.00 bits per heavy atom. The van der Waals surface area contributed by atoms with Gasteiger partial charge in [-0.3, -0.25) is 4.98 Å². The molecule has 1 aromatic heterocycles. The van der Waals surface area contributed by atoms with Crippen molar-refractivity contribution in [1.29, 1.82) is 0 Å². The summed E-state index contributed by atoms with van der Waals surface area (Å²) in [6, 6.07) is 6.40. The molecule has 0 spiro atoms. The molecule has 0 saturated carbocycles. The Hall–Kier alpha value is -2.41. The minimum atomic E-state index is -4.51. The summed E-state index contributed by atoms with van der Waals surface area (Å²) >= 11 is 0. The summed E-state index contributed by atoms with van der Waals surface area (Å²) in [5, 5.41) is 10.6. The molecular formula is C18H17F3N2O2. The highest BCUT2D eigenvalue weighted by Gasteiger charge is 2.34. The number of aliphatic hydroxyl groups is 1. The van der Waals surface area contributed by atoms with Crippen molar-refractivity contribution in [2.75, 3.05) is 6.61 Å². The summed E-state index contributed by atoms with van der Waals surface area (Å²) in [7, 11) is 0. The molecule has 1 atom stereocenters. The lowest BCUT2D eigenvalue weighted by molar-refractivity contribution is -0.137. The zero-order valence-electron chi connectivity index (χ0n) is 13.7. The lowest BCUT2D eigenvalue weighted by Gasteiger charge is -2.18. The number of halogens is 3. The molecule has 132 valence electrons. The fourth-order valence-electron chi connectivity index (χ4n) is 2.60. The highest BCUT2D eigenvalue weighted by molar-refractivity contribution is 5.97. The molecule has 2 heterocycles. The number of ether oxygens (including phenoxy) is 1. The maximum Gasteiger partial charge on any atom is 0.416 e. The van der Waals surface area contributed by atoms with Crippen molar-refractivity contribution in [1.82, 2.24) is 4.98 Å². The van der Waals surface area contributed by atoms with Crippen LogP contribution in [0, 0.1) is 0 Å². The van der Waals surface area contributed by atoms with Crippen molar-refractivity contribution < 1.29 is 23.0 Å². The highest BCUT2D eigenvalue weighted by atomic mass is 19.4. The number of aliphatic imine (C=N–C) groups is 1. The second-order valence-corrected chi connectivity index (χ2v) is 6.51. The largest absolute Gasteiger partial charge is 0.475 e. The topological polar surface area (TPSA) is 54.7 Å². The molecule has 3 rings (SSSR count). The first-order valence-corrected chi connectivity index (χ1v) is 7.69. The average Bonchev–Trinajstić information content (AvgIpc) is 2.93. The zero-order chi connectivity index (χ0) is 18.2. The Morgan fingerprint density at radius 3 is 2.56 bits per heavy atom. The number of hydrogen-bond acceptors (Lipinski definition) is 4. The monoisotopic (exact) mass is 350 g/mol. The second-order valence-electron chi connectivity index (χ2n) is 6.51. The van der Waals surface area contributed by atoms with Crippen LogP contribution in [-0.2, 0) is 10.9 Å². The number of benzene rings is 1. The molecule has 2 aromatic rings. The van der Waals surface area contributed by atoms with Gasteiger partial charge in [-0.1, -0.05) is 6.07 Å². The molecule has 0 bridgehead atoms. The Bertz CT molecular complexity index is 802. The molecule has 1 unspecified atom stereocenters. The van der Waals surface area contributed by atoms with Crippen molar-refractivity contribution in [3.63, 3.8) is 0 Å². The number of aromatic nitrogens is 1. The van der Waals surface area contributed by atoms with Crippen LogP contribution < -0.4 is 0 Å². The molecule has 1 N–H and O–H groups in total. The molecule has 0 saturated heterocycles. The fraction of sp³-hybridized carbons (Fsp3) is 0.333. The molecule has 4 nitrogen and oxygen atoms in total. The highest BCUT2D eigenvalue weighted by Crippen LogP contribution is 2.35. The summed E-state index contributed by atoms with van der Waals surface area (Å²) in [6.45, 7) is 4.05. The molecule has 0 amide bonds. The summed E-state index contributed by atoms with van der Waals surface area (Å²) in [5.41, 5.74) is -0.489. The van der Waals surface area contributed by atoms with Crippen LogP contribution in [0.3, 0.4) is 0 Å². The number of alkyl halides is 3. The van der Waals surface area contributed by atoms with E-state index in [1.165, 1.54) is 18.5 Å². The van der Waals surface area contributed by atoms with Gasteiger partial charge in [0, 0.05) is 23.5 Å². The van der Waals surface area contributed by atoms with E-state index in [1.54, 1.807) is 12.1 Å². The minimum absolute atomic E-state index is 0.0827. The van der Waals surface area contributed by atoms with Gasteiger partial charge in [-0.25, -0.2) is 4.99 Å². The molecule has 0 aliphatic carbocycles. The van der Waals surface area contributed by atoms with E-state index in [2.05, 4.69) is 9.98 Å². The third kappa shape index (κ3) is 3.66. The molecule has 1 aliphatic rings. The van der Waals surface area contributed by atoms with Crippen LogP contribution in [0.25, 0.3) is 0 Å². The Balaban J connectivity index is 2.12. The van der Waals surface area contributed by atoms with Crippen LogP contribution >= 0.6 is 0 Å². The predicted molar refractivity (Wildman–Crippen MR) is 86.3 cm³/mol. The standard InChI is InChI=1S/C18H17F3N2O2/c1-17(2)10-25-16(23-17)13-6-5-12(18(19,20)21)8-14(13)15(24)11-4-3-7-22-9-11/h3-9,15,24H,10H2,1-2H3. The van der Waals surface area contributed by atoms with Crippen LogP contribution in [-0.4, -0.2) is 28.1 Å². The molecule has 25 heavy (non-hydrogen) atoms. The van der Waals surface area contributed by atoms with Gasteiger partial charge in [-0.15, -0.1) is 0 Å². The normalized spacial score (nSPS) is 17.8. The smallest absolute Gasteiger partial charge is 0.416 e. The summed E-state index contributed by atoms with van der Waals surface area (Å²) in [6.07, 6.45) is -2.85. The van der Waals surface area contributed by atoms with Gasteiger partial charge < -0.3 is 9.84 Å². The molecule has 1 aliphatic heterocycles. The van der Waals surface area contributed by atoms with Crippen LogP contribution in [0.2, 0.25) is 0 Å². The maximum atomic E-state index is 13.1. The van der Waals surface area contributed by atoms with Crippen LogP contribution in [0.15, 0.2) is 47.7 Å². The minimum Gasteiger partial charge on any atom is -0.475 e. The Kier molecular flexibility index (Phi) is 4.28. The van der Waals surface area contributed by atoms with Gasteiger partial charge in [0.05, 0.1) is 11.1 Å². The van der Waals surface area contributed by atoms with Crippen molar-refractivity contribution in [2.24, 2.45) is 4.99 Å². The molecular weight excluding hydrogens is 333 g/mol. The van der Waals surface area contributed by atoms with Gasteiger partial charge in [0.2, 0.25) is 5.90 Å². The van der Waals surface area contributed by atoms with Crippen molar-refractivity contribution in [3.8, 4) is 0 Å². The number of nitrogens with zero attached hydrogens (tertiary/aromatic N) is 2. The average molecular weight is 350 g/mol. The van der Waals surface area contributed by atoms with E-state index < -0.39 is 23.4 Å². The van der Waals surface area contributed by atoms with Crippen molar-refractivity contribution in [2.45, 2.75) is 31.7 Å². The number of pyridine rings is 1.